The van der Waals surface area contributed by atoms with Crippen LogP contribution in [0.1, 0.15) is 26.2 Å². The molecule has 0 spiro atoms. The van der Waals surface area contributed by atoms with Crippen LogP contribution < -0.4 is 11.1 Å². The SMILES string of the molecule is CCN(C1=NCCN1)C1CCCC1CN. The molecular formula is C11H22N4. The highest BCUT2D eigenvalue weighted by atomic mass is 15.3. The van der Waals surface area contributed by atoms with Crippen molar-refractivity contribution in [2.75, 3.05) is 26.2 Å². The summed E-state index contributed by atoms with van der Waals surface area (Å²) < 4.78 is 0. The lowest BCUT2D eigenvalue weighted by atomic mass is 10.0. The largest absolute Gasteiger partial charge is 0.354 e. The summed E-state index contributed by atoms with van der Waals surface area (Å²) >= 11 is 0. The van der Waals surface area contributed by atoms with Crippen LogP contribution in [-0.4, -0.2) is 43.1 Å². The molecule has 1 saturated carbocycles. The maximum absolute atomic E-state index is 5.83. The molecule has 2 rings (SSSR count). The van der Waals surface area contributed by atoms with Crippen molar-refractivity contribution in [2.45, 2.75) is 32.2 Å². The molecule has 4 nitrogen and oxygen atoms in total. The van der Waals surface area contributed by atoms with Crippen molar-refractivity contribution in [1.29, 1.82) is 0 Å². The molecule has 0 aromatic rings. The van der Waals surface area contributed by atoms with Crippen molar-refractivity contribution in [3.63, 3.8) is 0 Å². The second-order valence-corrected chi connectivity index (χ2v) is 4.41. The standard InChI is InChI=1S/C11H22N4/c1-2-15(11-13-6-7-14-11)10-5-3-4-9(10)8-12/h9-10H,2-8,12H2,1H3,(H,13,14). The smallest absolute Gasteiger partial charge is 0.194 e. The molecule has 0 radical (unpaired) electrons. The molecule has 0 bridgehead atoms. The van der Waals surface area contributed by atoms with Crippen LogP contribution in [-0.2, 0) is 0 Å². The fourth-order valence-electron chi connectivity index (χ4n) is 2.82. The van der Waals surface area contributed by atoms with Gasteiger partial charge in [0.15, 0.2) is 5.96 Å². The minimum atomic E-state index is 0.615. The van der Waals surface area contributed by atoms with Crippen molar-refractivity contribution >= 4 is 5.96 Å². The van der Waals surface area contributed by atoms with Crippen LogP contribution in [0.25, 0.3) is 0 Å². The average Bonchev–Trinajstić information content (AvgIpc) is 2.89. The Hall–Kier alpha value is -0.770. The normalized spacial score (nSPS) is 30.1. The van der Waals surface area contributed by atoms with E-state index in [1.807, 2.05) is 0 Å². The van der Waals surface area contributed by atoms with Gasteiger partial charge in [-0.2, -0.15) is 0 Å². The summed E-state index contributed by atoms with van der Waals surface area (Å²) in [7, 11) is 0. The number of hydrogen-bond donors (Lipinski definition) is 2. The van der Waals surface area contributed by atoms with Gasteiger partial charge in [0.1, 0.15) is 0 Å². The molecule has 15 heavy (non-hydrogen) atoms. The summed E-state index contributed by atoms with van der Waals surface area (Å²) in [6, 6.07) is 0.615. The molecule has 1 fully saturated rings. The Morgan fingerprint density at radius 1 is 1.53 bits per heavy atom. The molecule has 1 heterocycles. The van der Waals surface area contributed by atoms with Gasteiger partial charge in [-0.1, -0.05) is 6.42 Å². The number of guanidine groups is 1. The minimum Gasteiger partial charge on any atom is -0.354 e. The Morgan fingerprint density at radius 3 is 3.00 bits per heavy atom. The first-order chi connectivity index (χ1) is 7.36. The third kappa shape index (κ3) is 2.09. The zero-order valence-corrected chi connectivity index (χ0v) is 9.58. The Morgan fingerprint density at radius 2 is 2.40 bits per heavy atom. The Labute approximate surface area is 91.9 Å². The van der Waals surface area contributed by atoms with Crippen LogP contribution in [0, 0.1) is 5.92 Å². The summed E-state index contributed by atoms with van der Waals surface area (Å²) in [6.45, 7) is 5.97. The van der Waals surface area contributed by atoms with E-state index in [9.17, 15) is 0 Å². The van der Waals surface area contributed by atoms with Gasteiger partial charge in [0.25, 0.3) is 0 Å². The molecule has 0 saturated heterocycles. The van der Waals surface area contributed by atoms with Crippen molar-refractivity contribution in [2.24, 2.45) is 16.6 Å². The Balaban J connectivity index is 2.04. The van der Waals surface area contributed by atoms with Crippen LogP contribution in [0.4, 0.5) is 0 Å². The van der Waals surface area contributed by atoms with Gasteiger partial charge in [0.2, 0.25) is 0 Å². The van der Waals surface area contributed by atoms with Gasteiger partial charge >= 0.3 is 0 Å². The lowest BCUT2D eigenvalue weighted by Gasteiger charge is -2.33. The van der Waals surface area contributed by atoms with E-state index in [-0.39, 0.29) is 0 Å². The topological polar surface area (TPSA) is 53.6 Å². The lowest BCUT2D eigenvalue weighted by molar-refractivity contribution is 0.261. The van der Waals surface area contributed by atoms with E-state index in [0.717, 1.165) is 32.1 Å². The monoisotopic (exact) mass is 210 g/mol. The van der Waals surface area contributed by atoms with Gasteiger partial charge in [0, 0.05) is 19.1 Å². The van der Waals surface area contributed by atoms with Gasteiger partial charge in [-0.05, 0) is 32.2 Å². The highest BCUT2D eigenvalue weighted by Crippen LogP contribution is 2.29. The van der Waals surface area contributed by atoms with Crippen molar-refractivity contribution in [1.82, 2.24) is 10.2 Å². The molecular weight excluding hydrogens is 188 g/mol. The van der Waals surface area contributed by atoms with Crippen LogP contribution in [0.2, 0.25) is 0 Å². The van der Waals surface area contributed by atoms with E-state index in [4.69, 9.17) is 5.73 Å². The Bertz CT molecular complexity index is 239. The average molecular weight is 210 g/mol. The number of nitrogens with zero attached hydrogens (tertiary/aromatic N) is 2. The molecule has 1 aliphatic heterocycles. The zero-order valence-electron chi connectivity index (χ0n) is 9.58. The van der Waals surface area contributed by atoms with Crippen molar-refractivity contribution in [3.05, 3.63) is 0 Å². The number of rotatable bonds is 3. The van der Waals surface area contributed by atoms with Gasteiger partial charge in [-0.25, -0.2) is 0 Å². The van der Waals surface area contributed by atoms with Crippen LogP contribution >= 0.6 is 0 Å². The summed E-state index contributed by atoms with van der Waals surface area (Å²) in [4.78, 5) is 6.93. The zero-order chi connectivity index (χ0) is 10.7. The van der Waals surface area contributed by atoms with Gasteiger partial charge in [0.05, 0.1) is 6.54 Å². The first-order valence-corrected chi connectivity index (χ1v) is 6.11. The molecule has 1 aliphatic carbocycles. The second kappa shape index (κ2) is 4.84. The number of hydrogen-bond acceptors (Lipinski definition) is 4. The van der Waals surface area contributed by atoms with Crippen molar-refractivity contribution < 1.29 is 0 Å². The molecule has 2 aliphatic rings. The molecule has 86 valence electrons. The van der Waals surface area contributed by atoms with E-state index in [0.29, 0.717) is 12.0 Å². The van der Waals surface area contributed by atoms with Crippen LogP contribution in [0.5, 0.6) is 0 Å². The first-order valence-electron chi connectivity index (χ1n) is 6.11. The maximum Gasteiger partial charge on any atom is 0.194 e. The summed E-state index contributed by atoms with van der Waals surface area (Å²) in [5, 5.41) is 3.36. The number of aliphatic imine (C=N–C) groups is 1. The Kier molecular flexibility index (Phi) is 3.46. The van der Waals surface area contributed by atoms with Gasteiger partial charge in [-0.3, -0.25) is 4.99 Å². The second-order valence-electron chi connectivity index (χ2n) is 4.41. The first kappa shape index (κ1) is 10.7. The van der Waals surface area contributed by atoms with Crippen LogP contribution in [0.15, 0.2) is 4.99 Å². The van der Waals surface area contributed by atoms with E-state index in [1.165, 1.54) is 19.3 Å². The highest BCUT2D eigenvalue weighted by Gasteiger charge is 2.32. The third-order valence-electron chi connectivity index (χ3n) is 3.59. The molecule has 2 atom stereocenters. The summed E-state index contributed by atoms with van der Waals surface area (Å²) in [5.41, 5.74) is 5.83. The molecule has 3 N–H and O–H groups in total. The molecule has 0 aromatic carbocycles. The van der Waals surface area contributed by atoms with E-state index in [2.05, 4.69) is 22.1 Å². The van der Waals surface area contributed by atoms with Gasteiger partial charge < -0.3 is 16.0 Å². The lowest BCUT2D eigenvalue weighted by Crippen LogP contribution is -2.48. The summed E-state index contributed by atoms with van der Waals surface area (Å²) in [5.74, 6) is 1.76. The van der Waals surface area contributed by atoms with Gasteiger partial charge in [-0.15, -0.1) is 0 Å². The quantitative estimate of drug-likeness (QED) is 0.709. The predicted molar refractivity (Wildman–Crippen MR) is 62.9 cm³/mol. The third-order valence-corrected chi connectivity index (χ3v) is 3.59. The fourth-order valence-corrected chi connectivity index (χ4v) is 2.82. The van der Waals surface area contributed by atoms with E-state index in [1.54, 1.807) is 0 Å². The molecule has 4 heteroatoms. The minimum absolute atomic E-state index is 0.615. The van der Waals surface area contributed by atoms with Crippen molar-refractivity contribution in [3.8, 4) is 0 Å². The number of nitrogens with one attached hydrogen (secondary N) is 1. The maximum atomic E-state index is 5.83. The highest BCUT2D eigenvalue weighted by molar-refractivity contribution is 5.81. The fraction of sp³-hybridized carbons (Fsp3) is 0.909. The number of nitrogens with two attached hydrogens (primary N) is 1. The van der Waals surface area contributed by atoms with E-state index < -0.39 is 0 Å². The molecule has 0 amide bonds. The summed E-state index contributed by atoms with van der Waals surface area (Å²) in [6.07, 6.45) is 3.87. The molecule has 2 unspecified atom stereocenters. The molecule has 0 aromatic heterocycles. The predicted octanol–water partition coefficient (Wildman–Crippen LogP) is 0.395. The van der Waals surface area contributed by atoms with Crippen LogP contribution in [0.3, 0.4) is 0 Å². The van der Waals surface area contributed by atoms with E-state index >= 15 is 0 Å².